The lowest BCUT2D eigenvalue weighted by atomic mass is 10.2. The van der Waals surface area contributed by atoms with Crippen LogP contribution < -0.4 is 11.1 Å². The Hall–Kier alpha value is -1.83. The molecule has 100 valence electrons. The summed E-state index contributed by atoms with van der Waals surface area (Å²) >= 11 is 12.4. The van der Waals surface area contributed by atoms with E-state index in [1.54, 1.807) is 24.4 Å². The summed E-state index contributed by atoms with van der Waals surface area (Å²) in [6, 6.07) is 7.15. The third-order valence-corrected chi connectivity index (χ3v) is 3.77. The van der Waals surface area contributed by atoms with E-state index in [2.05, 4.69) is 19.0 Å². The van der Waals surface area contributed by atoms with E-state index in [0.29, 0.717) is 27.6 Å². The lowest BCUT2D eigenvalue weighted by Crippen LogP contribution is -2.13. The highest BCUT2D eigenvalue weighted by molar-refractivity contribution is 7.80. The first kappa shape index (κ1) is 13.2. The van der Waals surface area contributed by atoms with E-state index in [9.17, 15) is 0 Å². The average molecular weight is 322 g/mol. The van der Waals surface area contributed by atoms with Gasteiger partial charge in [0.1, 0.15) is 21.8 Å². The summed E-state index contributed by atoms with van der Waals surface area (Å²) in [5.74, 6) is 0.544. The van der Waals surface area contributed by atoms with Crippen molar-refractivity contribution in [3.8, 4) is 0 Å². The van der Waals surface area contributed by atoms with Crippen LogP contribution in [0.3, 0.4) is 0 Å². The van der Waals surface area contributed by atoms with E-state index >= 15 is 0 Å². The van der Waals surface area contributed by atoms with Crippen molar-refractivity contribution in [2.75, 3.05) is 5.32 Å². The number of halogens is 1. The van der Waals surface area contributed by atoms with Crippen LogP contribution in [-0.4, -0.2) is 18.7 Å². The van der Waals surface area contributed by atoms with Gasteiger partial charge in [-0.2, -0.15) is 8.75 Å². The maximum Gasteiger partial charge on any atom is 0.140 e. The van der Waals surface area contributed by atoms with Crippen molar-refractivity contribution >= 4 is 63.1 Å². The number of aromatic nitrogens is 3. The predicted molar refractivity (Wildman–Crippen MR) is 85.8 cm³/mol. The Kier molecular flexibility index (Phi) is 3.47. The number of hydrogen-bond donors (Lipinski definition) is 2. The number of nitrogens with one attached hydrogen (secondary N) is 1. The van der Waals surface area contributed by atoms with Crippen LogP contribution in [0, 0.1) is 0 Å². The van der Waals surface area contributed by atoms with Gasteiger partial charge in [0.25, 0.3) is 0 Å². The van der Waals surface area contributed by atoms with Gasteiger partial charge in [0.15, 0.2) is 0 Å². The lowest BCUT2D eigenvalue weighted by molar-refractivity contribution is 1.30. The molecular weight excluding hydrogens is 314 g/mol. The molecule has 3 N–H and O–H groups in total. The minimum atomic E-state index is 0.264. The van der Waals surface area contributed by atoms with E-state index < -0.39 is 0 Å². The highest BCUT2D eigenvalue weighted by Gasteiger charge is 2.13. The van der Waals surface area contributed by atoms with Crippen LogP contribution in [0.5, 0.6) is 0 Å². The second-order valence-electron chi connectivity index (χ2n) is 3.94. The van der Waals surface area contributed by atoms with E-state index in [-0.39, 0.29) is 4.99 Å². The van der Waals surface area contributed by atoms with Gasteiger partial charge < -0.3 is 11.1 Å². The maximum atomic E-state index is 6.22. The molecule has 0 saturated heterocycles. The van der Waals surface area contributed by atoms with Crippen LogP contribution in [0.2, 0.25) is 5.02 Å². The molecule has 0 aliphatic carbocycles. The molecule has 2 heterocycles. The number of pyridine rings is 1. The molecule has 0 unspecified atom stereocenters. The molecule has 5 nitrogen and oxygen atoms in total. The topological polar surface area (TPSA) is 76.7 Å². The van der Waals surface area contributed by atoms with E-state index in [0.717, 1.165) is 17.2 Å². The fourth-order valence-electron chi connectivity index (χ4n) is 1.77. The number of thiocarbonyl (C=S) groups is 1. The largest absolute Gasteiger partial charge is 0.389 e. The molecule has 0 fully saturated rings. The van der Waals surface area contributed by atoms with Gasteiger partial charge >= 0.3 is 0 Å². The number of benzene rings is 1. The van der Waals surface area contributed by atoms with Gasteiger partial charge in [-0.05, 0) is 24.3 Å². The molecule has 0 aliphatic heterocycles. The molecule has 3 rings (SSSR count). The van der Waals surface area contributed by atoms with E-state index in [1.165, 1.54) is 0 Å². The smallest absolute Gasteiger partial charge is 0.140 e. The van der Waals surface area contributed by atoms with Crippen molar-refractivity contribution in [2.24, 2.45) is 5.73 Å². The van der Waals surface area contributed by atoms with Gasteiger partial charge in [-0.3, -0.25) is 0 Å². The van der Waals surface area contributed by atoms with Gasteiger partial charge in [0.2, 0.25) is 0 Å². The number of hydrogen-bond acceptors (Lipinski definition) is 6. The van der Waals surface area contributed by atoms with Gasteiger partial charge in [0.05, 0.1) is 28.0 Å². The molecule has 20 heavy (non-hydrogen) atoms. The standard InChI is InChI=1S/C12H8ClN5S2/c13-7-3-4-8-10(18-20-17-8)9(7)16-12-6(11(14)19)2-1-5-15-12/h1-5H,(H2,14,19)(H,15,16). The Morgan fingerprint density at radius 1 is 1.30 bits per heavy atom. The fourth-order valence-corrected chi connectivity index (χ4v) is 2.67. The maximum absolute atomic E-state index is 6.22. The monoisotopic (exact) mass is 321 g/mol. The number of nitrogens with zero attached hydrogens (tertiary/aromatic N) is 3. The van der Waals surface area contributed by atoms with Crippen LogP contribution in [0.4, 0.5) is 11.5 Å². The minimum Gasteiger partial charge on any atom is -0.389 e. The number of nitrogens with two attached hydrogens (primary N) is 1. The highest BCUT2D eigenvalue weighted by atomic mass is 35.5. The molecule has 0 atom stereocenters. The first-order valence-electron chi connectivity index (χ1n) is 5.59. The molecule has 8 heteroatoms. The summed E-state index contributed by atoms with van der Waals surface area (Å²) < 4.78 is 8.42. The molecule has 0 radical (unpaired) electrons. The van der Waals surface area contributed by atoms with Crippen molar-refractivity contribution in [3.05, 3.63) is 41.0 Å². The fraction of sp³-hybridized carbons (Fsp3) is 0. The van der Waals surface area contributed by atoms with Crippen LogP contribution in [0.25, 0.3) is 11.0 Å². The molecule has 0 spiro atoms. The second-order valence-corrected chi connectivity index (χ2v) is 5.32. The lowest BCUT2D eigenvalue weighted by Gasteiger charge is -2.11. The van der Waals surface area contributed by atoms with Gasteiger partial charge in [-0.25, -0.2) is 4.98 Å². The normalized spacial score (nSPS) is 10.7. The number of fused-ring (bicyclic) bond motifs is 1. The van der Waals surface area contributed by atoms with Gasteiger partial charge in [0, 0.05) is 6.20 Å². The van der Waals surface area contributed by atoms with Gasteiger partial charge in [-0.1, -0.05) is 23.8 Å². The Morgan fingerprint density at radius 3 is 2.95 bits per heavy atom. The Labute approximate surface area is 129 Å². The molecule has 0 bridgehead atoms. The van der Waals surface area contributed by atoms with Crippen molar-refractivity contribution < 1.29 is 0 Å². The molecule has 0 saturated carbocycles. The summed E-state index contributed by atoms with van der Waals surface area (Å²) in [7, 11) is 0. The first-order valence-corrected chi connectivity index (χ1v) is 7.11. The molecule has 1 aromatic carbocycles. The Bertz CT molecular complexity index is 801. The van der Waals surface area contributed by atoms with Crippen molar-refractivity contribution in [1.82, 2.24) is 13.7 Å². The molecule has 0 amide bonds. The SMILES string of the molecule is NC(=S)c1cccnc1Nc1c(Cl)ccc2nsnc12. The molecular formula is C12H8ClN5S2. The zero-order valence-electron chi connectivity index (χ0n) is 10.0. The van der Waals surface area contributed by atoms with Crippen molar-refractivity contribution in [2.45, 2.75) is 0 Å². The van der Waals surface area contributed by atoms with Crippen LogP contribution in [0.1, 0.15) is 5.56 Å². The van der Waals surface area contributed by atoms with Crippen molar-refractivity contribution in [1.29, 1.82) is 0 Å². The Morgan fingerprint density at radius 2 is 2.15 bits per heavy atom. The minimum absolute atomic E-state index is 0.264. The quantitative estimate of drug-likeness (QED) is 0.722. The third kappa shape index (κ3) is 2.31. The van der Waals surface area contributed by atoms with Crippen LogP contribution in [-0.2, 0) is 0 Å². The zero-order valence-corrected chi connectivity index (χ0v) is 12.4. The number of anilines is 2. The van der Waals surface area contributed by atoms with Crippen LogP contribution >= 0.6 is 35.5 Å². The summed E-state index contributed by atoms with van der Waals surface area (Å²) in [4.78, 5) is 4.51. The molecule has 2 aromatic heterocycles. The number of rotatable bonds is 3. The zero-order chi connectivity index (χ0) is 14.1. The summed E-state index contributed by atoms with van der Waals surface area (Å²) in [6.07, 6.45) is 1.65. The summed E-state index contributed by atoms with van der Waals surface area (Å²) in [5.41, 5.74) is 8.46. The second kappa shape index (κ2) is 5.28. The average Bonchev–Trinajstić information content (AvgIpc) is 2.91. The molecule has 3 aromatic rings. The van der Waals surface area contributed by atoms with E-state index in [4.69, 9.17) is 29.6 Å². The van der Waals surface area contributed by atoms with Crippen molar-refractivity contribution in [3.63, 3.8) is 0 Å². The first-order chi connectivity index (χ1) is 9.66. The van der Waals surface area contributed by atoms with Gasteiger partial charge in [-0.15, -0.1) is 0 Å². The third-order valence-electron chi connectivity index (χ3n) is 2.69. The molecule has 0 aliphatic rings. The van der Waals surface area contributed by atoms with E-state index in [1.807, 2.05) is 6.07 Å². The summed E-state index contributed by atoms with van der Waals surface area (Å²) in [6.45, 7) is 0. The van der Waals surface area contributed by atoms with Crippen LogP contribution in [0.15, 0.2) is 30.5 Å². The highest BCUT2D eigenvalue weighted by Crippen LogP contribution is 2.32. The predicted octanol–water partition coefficient (Wildman–Crippen LogP) is 3.12. The summed E-state index contributed by atoms with van der Waals surface area (Å²) in [5, 5.41) is 3.68. The Balaban J connectivity index is 2.12.